The number of nitriles is 1. The first-order valence-corrected chi connectivity index (χ1v) is 8.14. The molecule has 0 aliphatic heterocycles. The van der Waals surface area contributed by atoms with Crippen molar-refractivity contribution < 1.29 is 4.39 Å². The molecule has 0 unspecified atom stereocenters. The summed E-state index contributed by atoms with van der Waals surface area (Å²) in [5, 5.41) is 11.3. The molecule has 0 aliphatic carbocycles. The summed E-state index contributed by atoms with van der Waals surface area (Å²) in [6.45, 7) is 3.48. The molecule has 0 radical (unpaired) electrons. The molecular formula is C22H18ClFN2. The first-order chi connectivity index (χ1) is 12.2. The fraction of sp³-hybridized carbons (Fsp3) is 0.136. The minimum Gasteiger partial charge on any atom is -0.360 e. The molecule has 0 heterocycles. The van der Waals surface area contributed by atoms with Gasteiger partial charge in [-0.25, -0.2) is 4.39 Å². The third-order valence-corrected chi connectivity index (χ3v) is 4.08. The van der Waals surface area contributed by atoms with Crippen LogP contribution in [-0.2, 0) is 0 Å². The average Bonchev–Trinajstić information content (AvgIpc) is 2.66. The highest BCUT2D eigenvalue weighted by molar-refractivity contribution is 5.94. The Morgan fingerprint density at radius 2 is 1.81 bits per heavy atom. The summed E-state index contributed by atoms with van der Waals surface area (Å²) < 4.78 is 13.4. The van der Waals surface area contributed by atoms with Gasteiger partial charge in [0.05, 0.1) is 12.1 Å². The van der Waals surface area contributed by atoms with E-state index in [1.165, 1.54) is 22.9 Å². The zero-order valence-electron chi connectivity index (χ0n) is 14.4. The lowest BCUT2D eigenvalue weighted by Gasteiger charge is -2.22. The lowest BCUT2D eigenvalue weighted by Crippen LogP contribution is -2.23. The molecule has 3 rings (SSSR count). The van der Waals surface area contributed by atoms with Crippen molar-refractivity contribution in [3.8, 4) is 17.9 Å². The van der Waals surface area contributed by atoms with Crippen LogP contribution in [0.25, 0.3) is 10.8 Å². The maximum absolute atomic E-state index is 13.4. The minimum atomic E-state index is -0.515. The van der Waals surface area contributed by atoms with Gasteiger partial charge >= 0.3 is 0 Å². The Kier molecular flexibility index (Phi) is 6.61. The Hall–Kier alpha value is -3.01. The summed E-state index contributed by atoms with van der Waals surface area (Å²) in [5.41, 5.74) is 1.81. The van der Waals surface area contributed by atoms with E-state index in [0.29, 0.717) is 12.1 Å². The summed E-state index contributed by atoms with van der Waals surface area (Å²) in [7, 11) is 0. The predicted octanol–water partition coefficient (Wildman–Crippen LogP) is 5.15. The van der Waals surface area contributed by atoms with Gasteiger partial charge in [0.2, 0.25) is 0 Å². The maximum Gasteiger partial charge on any atom is 0.141 e. The largest absolute Gasteiger partial charge is 0.360 e. The molecule has 0 saturated carbocycles. The van der Waals surface area contributed by atoms with Crippen LogP contribution in [0.2, 0.25) is 0 Å². The molecular weight excluding hydrogens is 347 g/mol. The van der Waals surface area contributed by atoms with Crippen molar-refractivity contribution in [2.75, 3.05) is 18.0 Å². The van der Waals surface area contributed by atoms with E-state index >= 15 is 0 Å². The van der Waals surface area contributed by atoms with Crippen LogP contribution in [0, 0.1) is 29.0 Å². The quantitative estimate of drug-likeness (QED) is 0.601. The van der Waals surface area contributed by atoms with E-state index in [1.807, 2.05) is 24.3 Å². The van der Waals surface area contributed by atoms with Gasteiger partial charge in [0, 0.05) is 23.2 Å². The third kappa shape index (κ3) is 4.14. The van der Waals surface area contributed by atoms with Crippen LogP contribution in [0.15, 0.2) is 60.7 Å². The summed E-state index contributed by atoms with van der Waals surface area (Å²) in [6, 6.07) is 20.7. The Balaban J connectivity index is 0.00000243. The smallest absolute Gasteiger partial charge is 0.141 e. The molecule has 3 aromatic carbocycles. The van der Waals surface area contributed by atoms with Crippen molar-refractivity contribution in [3.05, 3.63) is 77.6 Å². The van der Waals surface area contributed by atoms with Crippen LogP contribution < -0.4 is 4.90 Å². The van der Waals surface area contributed by atoms with Crippen molar-refractivity contribution in [2.24, 2.45) is 0 Å². The Labute approximate surface area is 159 Å². The van der Waals surface area contributed by atoms with Gasteiger partial charge in [0.25, 0.3) is 0 Å². The minimum absolute atomic E-state index is 0. The first-order valence-electron chi connectivity index (χ1n) is 8.14. The van der Waals surface area contributed by atoms with E-state index in [4.69, 9.17) is 5.26 Å². The van der Waals surface area contributed by atoms with E-state index in [1.54, 1.807) is 6.07 Å². The van der Waals surface area contributed by atoms with Gasteiger partial charge in [0.15, 0.2) is 0 Å². The van der Waals surface area contributed by atoms with Crippen LogP contribution in [-0.4, -0.2) is 13.1 Å². The number of rotatable bonds is 3. The fourth-order valence-electron chi connectivity index (χ4n) is 2.78. The van der Waals surface area contributed by atoms with Crippen molar-refractivity contribution in [2.45, 2.75) is 6.92 Å². The number of benzene rings is 3. The summed E-state index contributed by atoms with van der Waals surface area (Å²) in [6.07, 6.45) is 0. The monoisotopic (exact) mass is 364 g/mol. The van der Waals surface area contributed by atoms with E-state index in [-0.39, 0.29) is 18.0 Å². The third-order valence-electron chi connectivity index (χ3n) is 4.08. The molecule has 0 amide bonds. The number of anilines is 1. The molecule has 0 bridgehead atoms. The SMILES string of the molecule is CCN(CC#Cc1ccc(F)c(C#N)c1)c1cccc2ccccc12.Cl. The summed E-state index contributed by atoms with van der Waals surface area (Å²) >= 11 is 0. The van der Waals surface area contributed by atoms with E-state index in [9.17, 15) is 4.39 Å². The highest BCUT2D eigenvalue weighted by Crippen LogP contribution is 2.26. The molecule has 0 aliphatic rings. The van der Waals surface area contributed by atoms with Gasteiger partial charge in [-0.1, -0.05) is 48.2 Å². The highest BCUT2D eigenvalue weighted by Gasteiger charge is 2.07. The molecule has 0 aromatic heterocycles. The number of hydrogen-bond donors (Lipinski definition) is 0. The van der Waals surface area contributed by atoms with Crippen LogP contribution in [0.1, 0.15) is 18.1 Å². The van der Waals surface area contributed by atoms with Gasteiger partial charge in [-0.2, -0.15) is 5.26 Å². The summed E-state index contributed by atoms with van der Waals surface area (Å²) in [5.74, 6) is 5.64. The molecule has 0 atom stereocenters. The molecule has 3 aromatic rings. The highest BCUT2D eigenvalue weighted by atomic mass is 35.5. The predicted molar refractivity (Wildman–Crippen MR) is 107 cm³/mol. The van der Waals surface area contributed by atoms with Crippen molar-refractivity contribution in [3.63, 3.8) is 0 Å². The van der Waals surface area contributed by atoms with Gasteiger partial charge < -0.3 is 4.90 Å². The number of nitrogens with zero attached hydrogens (tertiary/aromatic N) is 2. The Morgan fingerprint density at radius 3 is 2.58 bits per heavy atom. The number of hydrogen-bond acceptors (Lipinski definition) is 2. The molecule has 2 nitrogen and oxygen atoms in total. The van der Waals surface area contributed by atoms with Gasteiger partial charge in [-0.15, -0.1) is 12.4 Å². The van der Waals surface area contributed by atoms with Crippen molar-refractivity contribution in [1.82, 2.24) is 0 Å². The second-order valence-corrected chi connectivity index (χ2v) is 5.62. The van der Waals surface area contributed by atoms with Gasteiger partial charge in [-0.05, 0) is 36.6 Å². The van der Waals surface area contributed by atoms with E-state index < -0.39 is 5.82 Å². The van der Waals surface area contributed by atoms with Crippen LogP contribution in [0.5, 0.6) is 0 Å². The van der Waals surface area contributed by atoms with Gasteiger partial charge in [0.1, 0.15) is 11.9 Å². The molecule has 4 heteroatoms. The fourth-order valence-corrected chi connectivity index (χ4v) is 2.78. The van der Waals surface area contributed by atoms with Crippen molar-refractivity contribution >= 4 is 28.9 Å². The van der Waals surface area contributed by atoms with Gasteiger partial charge in [-0.3, -0.25) is 0 Å². The van der Waals surface area contributed by atoms with Crippen molar-refractivity contribution in [1.29, 1.82) is 5.26 Å². The lowest BCUT2D eigenvalue weighted by molar-refractivity contribution is 0.624. The lowest BCUT2D eigenvalue weighted by atomic mass is 10.1. The molecule has 0 N–H and O–H groups in total. The van der Waals surface area contributed by atoms with E-state index in [0.717, 1.165) is 12.2 Å². The topological polar surface area (TPSA) is 27.0 Å². The number of halogens is 2. The average molecular weight is 365 g/mol. The van der Waals surface area contributed by atoms with Crippen LogP contribution >= 0.6 is 12.4 Å². The maximum atomic E-state index is 13.4. The molecule has 26 heavy (non-hydrogen) atoms. The molecule has 0 fully saturated rings. The zero-order chi connectivity index (χ0) is 17.6. The Bertz CT molecular complexity index is 1010. The second kappa shape index (κ2) is 8.90. The van der Waals surface area contributed by atoms with Crippen LogP contribution in [0.3, 0.4) is 0 Å². The molecule has 130 valence electrons. The molecule has 0 spiro atoms. The number of fused-ring (bicyclic) bond motifs is 1. The first kappa shape index (κ1) is 19.3. The summed E-state index contributed by atoms with van der Waals surface area (Å²) in [4.78, 5) is 2.20. The zero-order valence-corrected chi connectivity index (χ0v) is 15.2. The Morgan fingerprint density at radius 1 is 1.04 bits per heavy atom. The van der Waals surface area contributed by atoms with E-state index in [2.05, 4.69) is 47.9 Å². The molecule has 0 saturated heterocycles. The normalized spacial score (nSPS) is 9.58. The second-order valence-electron chi connectivity index (χ2n) is 5.62. The standard InChI is InChI=1S/C22H17FN2.ClH/c1-2-25(22-11-5-9-18-8-3-4-10-20(18)22)14-6-7-17-12-13-21(23)19(15-17)16-24;/h3-5,8-13,15H,2,14H2,1H3;1H. The van der Waals surface area contributed by atoms with Crippen LogP contribution in [0.4, 0.5) is 10.1 Å².